The highest BCUT2D eigenvalue weighted by Crippen LogP contribution is 2.02. The van der Waals surface area contributed by atoms with Gasteiger partial charge in [0.1, 0.15) is 0 Å². The van der Waals surface area contributed by atoms with E-state index >= 15 is 0 Å². The molecular weight excluding hydrogens is 168 g/mol. The van der Waals surface area contributed by atoms with Gasteiger partial charge in [0, 0.05) is 0 Å². The van der Waals surface area contributed by atoms with Gasteiger partial charge in [-0.05, 0) is 31.1 Å². The average molecular weight is 196 g/mol. The molecule has 0 N–H and O–H groups in total. The quantitative estimate of drug-likeness (QED) is 0.511. The second kappa shape index (κ2) is 10.6. The molecule has 0 radical (unpaired) electrons. The zero-order chi connectivity index (χ0) is 10.1. The van der Waals surface area contributed by atoms with Gasteiger partial charge in [0.25, 0.3) is 0 Å². The van der Waals surface area contributed by atoms with Gasteiger partial charge >= 0.3 is 0 Å². The van der Waals surface area contributed by atoms with Crippen LogP contribution in [0.1, 0.15) is 54.4 Å². The molecule has 0 nitrogen and oxygen atoms in total. The zero-order valence-corrected chi connectivity index (χ0v) is 9.59. The van der Waals surface area contributed by atoms with E-state index in [1.54, 1.807) is 0 Å². The van der Waals surface area contributed by atoms with E-state index in [0.717, 1.165) is 18.3 Å². The van der Waals surface area contributed by atoms with E-state index in [-0.39, 0.29) is 7.43 Å². The van der Waals surface area contributed by atoms with Crippen LogP contribution in [0.5, 0.6) is 0 Å². The Hall–Kier alpha value is -0.520. The fraction of sp³-hybridized carbons (Fsp3) is 0.714. The van der Waals surface area contributed by atoms with Crippen LogP contribution in [0.3, 0.4) is 0 Å². The standard InChI is InChI=1S/C13H24.CH4/c1-12(2)10-8-6-5-7-9-11-13(3)4;/h6-9,12-13H,5,10-11H2,1-4H3;1H4. The number of rotatable bonds is 6. The van der Waals surface area contributed by atoms with Gasteiger partial charge in [-0.25, -0.2) is 0 Å². The molecule has 0 aromatic heterocycles. The molecule has 0 aliphatic carbocycles. The second-order valence-electron chi connectivity index (χ2n) is 4.44. The number of allylic oxidation sites excluding steroid dienone is 4. The summed E-state index contributed by atoms with van der Waals surface area (Å²) in [6.45, 7) is 9.00. The van der Waals surface area contributed by atoms with Crippen molar-refractivity contribution < 1.29 is 0 Å². The third kappa shape index (κ3) is 14.0. The highest BCUT2D eigenvalue weighted by molar-refractivity contribution is 4.93. The van der Waals surface area contributed by atoms with Crippen molar-refractivity contribution in [1.82, 2.24) is 0 Å². The van der Waals surface area contributed by atoms with E-state index in [0.29, 0.717) is 0 Å². The minimum atomic E-state index is 0. The molecule has 0 aromatic rings. The minimum absolute atomic E-state index is 0. The molecule has 0 amide bonds. The Balaban J connectivity index is 0. The van der Waals surface area contributed by atoms with E-state index in [2.05, 4.69) is 52.0 Å². The van der Waals surface area contributed by atoms with Crippen LogP contribution >= 0.6 is 0 Å². The molecule has 0 heterocycles. The monoisotopic (exact) mass is 196 g/mol. The third-order valence-electron chi connectivity index (χ3n) is 1.82. The first-order valence-corrected chi connectivity index (χ1v) is 5.43. The Morgan fingerprint density at radius 1 is 0.714 bits per heavy atom. The Morgan fingerprint density at radius 3 is 1.36 bits per heavy atom. The summed E-state index contributed by atoms with van der Waals surface area (Å²) in [5, 5.41) is 0. The van der Waals surface area contributed by atoms with E-state index in [9.17, 15) is 0 Å². The molecule has 0 saturated carbocycles. The lowest BCUT2D eigenvalue weighted by atomic mass is 10.1. The van der Waals surface area contributed by atoms with Crippen LogP contribution in [-0.2, 0) is 0 Å². The largest absolute Gasteiger partial charge is 0.0880 e. The van der Waals surface area contributed by atoms with Gasteiger partial charge in [-0.2, -0.15) is 0 Å². The van der Waals surface area contributed by atoms with Gasteiger partial charge in [0.05, 0.1) is 0 Å². The first-order valence-electron chi connectivity index (χ1n) is 5.43. The molecule has 0 heteroatoms. The van der Waals surface area contributed by atoms with E-state index < -0.39 is 0 Å². The lowest BCUT2D eigenvalue weighted by Crippen LogP contribution is -1.81. The van der Waals surface area contributed by atoms with Gasteiger partial charge in [-0.1, -0.05) is 59.4 Å². The molecule has 0 aliphatic rings. The smallest absolute Gasteiger partial charge is 0.0169 e. The summed E-state index contributed by atoms with van der Waals surface area (Å²) in [4.78, 5) is 0. The number of hydrogen-bond donors (Lipinski definition) is 0. The molecule has 0 spiro atoms. The zero-order valence-electron chi connectivity index (χ0n) is 9.59. The molecule has 0 bridgehead atoms. The lowest BCUT2D eigenvalue weighted by Gasteiger charge is -1.96. The Labute approximate surface area is 91.1 Å². The predicted octanol–water partition coefficient (Wildman–Crippen LogP) is 5.22. The maximum absolute atomic E-state index is 2.28. The van der Waals surface area contributed by atoms with Crippen molar-refractivity contribution >= 4 is 0 Å². The van der Waals surface area contributed by atoms with Crippen molar-refractivity contribution in [3.05, 3.63) is 24.3 Å². The Morgan fingerprint density at radius 2 is 1.07 bits per heavy atom. The fourth-order valence-electron chi connectivity index (χ4n) is 1.01. The van der Waals surface area contributed by atoms with Crippen molar-refractivity contribution in [2.45, 2.75) is 54.4 Å². The molecule has 84 valence electrons. The van der Waals surface area contributed by atoms with Gasteiger partial charge in [-0.3, -0.25) is 0 Å². The summed E-state index contributed by atoms with van der Waals surface area (Å²) in [5.74, 6) is 1.58. The Bertz CT molecular complexity index is 131. The molecule has 0 rings (SSSR count). The van der Waals surface area contributed by atoms with Crippen LogP contribution in [-0.4, -0.2) is 0 Å². The van der Waals surface area contributed by atoms with Gasteiger partial charge < -0.3 is 0 Å². The third-order valence-corrected chi connectivity index (χ3v) is 1.82. The lowest BCUT2D eigenvalue weighted by molar-refractivity contribution is 0.661. The first-order chi connectivity index (χ1) is 6.13. The summed E-state index contributed by atoms with van der Waals surface area (Å²) in [6, 6.07) is 0. The molecule has 0 aliphatic heterocycles. The summed E-state index contributed by atoms with van der Waals surface area (Å²) in [5.41, 5.74) is 0. The van der Waals surface area contributed by atoms with E-state index in [1.807, 2.05) is 0 Å². The topological polar surface area (TPSA) is 0 Å². The molecule has 14 heavy (non-hydrogen) atoms. The van der Waals surface area contributed by atoms with E-state index in [1.165, 1.54) is 12.8 Å². The molecule has 0 atom stereocenters. The molecule has 0 aromatic carbocycles. The first kappa shape index (κ1) is 15.9. The fourth-order valence-corrected chi connectivity index (χ4v) is 1.01. The van der Waals surface area contributed by atoms with Crippen LogP contribution in [0, 0.1) is 11.8 Å². The summed E-state index contributed by atoms with van der Waals surface area (Å²) >= 11 is 0. The van der Waals surface area contributed by atoms with Crippen LogP contribution in [0.2, 0.25) is 0 Å². The van der Waals surface area contributed by atoms with Crippen molar-refractivity contribution in [2.75, 3.05) is 0 Å². The van der Waals surface area contributed by atoms with Gasteiger partial charge in [0.15, 0.2) is 0 Å². The SMILES string of the molecule is C.CC(C)CC=CCC=CCC(C)C. The van der Waals surface area contributed by atoms with Crippen molar-refractivity contribution in [3.63, 3.8) is 0 Å². The maximum Gasteiger partial charge on any atom is -0.0169 e. The molecular formula is C14H28. The summed E-state index contributed by atoms with van der Waals surface area (Å²) in [7, 11) is 0. The van der Waals surface area contributed by atoms with Crippen LogP contribution in [0.15, 0.2) is 24.3 Å². The van der Waals surface area contributed by atoms with Crippen LogP contribution < -0.4 is 0 Å². The van der Waals surface area contributed by atoms with Crippen LogP contribution in [0.25, 0.3) is 0 Å². The molecule has 0 saturated heterocycles. The van der Waals surface area contributed by atoms with Crippen molar-refractivity contribution in [2.24, 2.45) is 11.8 Å². The van der Waals surface area contributed by atoms with E-state index in [4.69, 9.17) is 0 Å². The predicted molar refractivity (Wildman–Crippen MR) is 68.5 cm³/mol. The van der Waals surface area contributed by atoms with Crippen molar-refractivity contribution in [3.8, 4) is 0 Å². The highest BCUT2D eigenvalue weighted by atomic mass is 13.9. The molecule has 0 unspecified atom stereocenters. The van der Waals surface area contributed by atoms with Gasteiger partial charge in [-0.15, -0.1) is 0 Å². The Kier molecular flexibility index (Phi) is 12.0. The van der Waals surface area contributed by atoms with Crippen LogP contribution in [0.4, 0.5) is 0 Å². The average Bonchev–Trinajstić information content (AvgIpc) is 2.01. The highest BCUT2D eigenvalue weighted by Gasteiger charge is 1.87. The summed E-state index contributed by atoms with van der Waals surface area (Å²) < 4.78 is 0. The summed E-state index contributed by atoms with van der Waals surface area (Å²) in [6.07, 6.45) is 12.6. The minimum Gasteiger partial charge on any atom is -0.0880 e. The maximum atomic E-state index is 2.28. The number of hydrogen-bond acceptors (Lipinski definition) is 0. The second-order valence-corrected chi connectivity index (χ2v) is 4.44. The normalized spacial score (nSPS) is 11.9. The van der Waals surface area contributed by atoms with Gasteiger partial charge in [0.2, 0.25) is 0 Å². The molecule has 0 fully saturated rings. The van der Waals surface area contributed by atoms with Crippen molar-refractivity contribution in [1.29, 1.82) is 0 Å².